The molecule has 0 radical (unpaired) electrons. The van der Waals surface area contributed by atoms with Gasteiger partial charge in [-0.1, -0.05) is 19.1 Å². The molecular weight excluding hydrogens is 254 g/mol. The second kappa shape index (κ2) is 5.77. The highest BCUT2D eigenvalue weighted by atomic mass is 16.4. The van der Waals surface area contributed by atoms with Crippen molar-refractivity contribution in [1.82, 2.24) is 9.78 Å². The van der Waals surface area contributed by atoms with Gasteiger partial charge >= 0.3 is 5.97 Å². The number of hydrogen-bond donors (Lipinski definition) is 2. The lowest BCUT2D eigenvalue weighted by atomic mass is 10.1. The van der Waals surface area contributed by atoms with E-state index in [0.717, 1.165) is 16.9 Å². The molecule has 0 saturated carbocycles. The van der Waals surface area contributed by atoms with E-state index in [2.05, 4.69) is 10.4 Å². The molecular formula is C15H19N3O2. The van der Waals surface area contributed by atoms with Crippen LogP contribution in [0.15, 0.2) is 30.5 Å². The van der Waals surface area contributed by atoms with E-state index in [-0.39, 0.29) is 0 Å². The van der Waals surface area contributed by atoms with Gasteiger partial charge in [-0.15, -0.1) is 0 Å². The summed E-state index contributed by atoms with van der Waals surface area (Å²) in [4.78, 5) is 11.6. The van der Waals surface area contributed by atoms with Crippen LogP contribution >= 0.6 is 0 Å². The molecule has 1 aromatic heterocycles. The normalized spacial score (nSPS) is 12.2. The predicted molar refractivity (Wildman–Crippen MR) is 77.8 cm³/mol. The molecule has 0 bridgehead atoms. The number of benzene rings is 1. The molecule has 5 heteroatoms. The number of hydrogen-bond acceptors (Lipinski definition) is 3. The first-order valence-electron chi connectivity index (χ1n) is 6.59. The minimum atomic E-state index is -0.908. The summed E-state index contributed by atoms with van der Waals surface area (Å²) in [5, 5.41) is 16.9. The summed E-state index contributed by atoms with van der Waals surface area (Å²) >= 11 is 0. The van der Waals surface area contributed by atoms with Crippen LogP contribution in [0.4, 0.5) is 5.69 Å². The molecule has 106 valence electrons. The summed E-state index contributed by atoms with van der Waals surface area (Å²) in [7, 11) is 1.80. The minimum absolute atomic E-state index is 0.704. The van der Waals surface area contributed by atoms with Crippen molar-refractivity contribution in [3.8, 4) is 0 Å². The third kappa shape index (κ3) is 2.99. The van der Waals surface area contributed by atoms with Gasteiger partial charge in [0.2, 0.25) is 0 Å². The number of carboxylic acids is 1. The zero-order chi connectivity index (χ0) is 14.7. The van der Waals surface area contributed by atoms with Crippen LogP contribution in [0, 0.1) is 6.92 Å². The van der Waals surface area contributed by atoms with Gasteiger partial charge in [0.1, 0.15) is 0 Å². The number of nitrogens with one attached hydrogen (secondary N) is 1. The summed E-state index contributed by atoms with van der Waals surface area (Å²) in [6.45, 7) is 3.94. The number of rotatable bonds is 5. The van der Waals surface area contributed by atoms with Gasteiger partial charge in [-0.2, -0.15) is 5.10 Å². The van der Waals surface area contributed by atoms with Crippen LogP contribution in [-0.4, -0.2) is 20.9 Å². The lowest BCUT2D eigenvalue weighted by Gasteiger charge is -2.16. The van der Waals surface area contributed by atoms with E-state index in [1.54, 1.807) is 17.9 Å². The molecule has 2 N–H and O–H groups in total. The smallest absolute Gasteiger partial charge is 0.330 e. The fourth-order valence-corrected chi connectivity index (χ4v) is 2.24. The Labute approximate surface area is 118 Å². The Balaban J connectivity index is 2.34. The molecule has 2 rings (SSSR count). The zero-order valence-electron chi connectivity index (χ0n) is 11.9. The molecule has 5 nitrogen and oxygen atoms in total. The Hall–Kier alpha value is -2.30. The highest BCUT2D eigenvalue weighted by molar-refractivity contribution is 5.79. The lowest BCUT2D eigenvalue weighted by Crippen LogP contribution is -2.21. The molecule has 0 spiro atoms. The van der Waals surface area contributed by atoms with Crippen molar-refractivity contribution in [2.24, 2.45) is 7.05 Å². The van der Waals surface area contributed by atoms with Gasteiger partial charge in [0.15, 0.2) is 6.04 Å². The van der Waals surface area contributed by atoms with Crippen LogP contribution in [0.5, 0.6) is 0 Å². The Morgan fingerprint density at radius 3 is 2.85 bits per heavy atom. The van der Waals surface area contributed by atoms with Crippen LogP contribution in [0.1, 0.15) is 29.8 Å². The zero-order valence-corrected chi connectivity index (χ0v) is 11.9. The van der Waals surface area contributed by atoms with E-state index in [4.69, 9.17) is 0 Å². The average molecular weight is 273 g/mol. The van der Waals surface area contributed by atoms with E-state index < -0.39 is 12.0 Å². The van der Waals surface area contributed by atoms with Crippen molar-refractivity contribution >= 4 is 11.7 Å². The number of aryl methyl sites for hydroxylation is 3. The Kier molecular flexibility index (Phi) is 4.08. The van der Waals surface area contributed by atoms with Gasteiger partial charge in [0, 0.05) is 24.5 Å². The van der Waals surface area contributed by atoms with Crippen LogP contribution in [0.25, 0.3) is 0 Å². The van der Waals surface area contributed by atoms with Crippen molar-refractivity contribution in [3.63, 3.8) is 0 Å². The summed E-state index contributed by atoms with van der Waals surface area (Å²) < 4.78 is 1.65. The van der Waals surface area contributed by atoms with E-state index in [9.17, 15) is 9.90 Å². The van der Waals surface area contributed by atoms with E-state index in [1.165, 1.54) is 0 Å². The fraction of sp³-hybridized carbons (Fsp3) is 0.333. The van der Waals surface area contributed by atoms with Crippen LogP contribution in [0.2, 0.25) is 0 Å². The molecule has 2 aromatic rings. The topological polar surface area (TPSA) is 67.2 Å². The first-order chi connectivity index (χ1) is 9.51. The number of carbonyl (C=O) groups is 1. The van der Waals surface area contributed by atoms with E-state index in [1.807, 2.05) is 38.1 Å². The highest BCUT2D eigenvalue weighted by Gasteiger charge is 2.24. The number of anilines is 1. The largest absolute Gasteiger partial charge is 0.479 e. The summed E-state index contributed by atoms with van der Waals surface area (Å²) in [5.74, 6) is -0.908. The molecule has 1 unspecified atom stereocenters. The molecule has 0 aliphatic heterocycles. The monoisotopic (exact) mass is 273 g/mol. The number of carboxylic acid groups (broad SMARTS) is 1. The second-order valence-electron chi connectivity index (χ2n) is 4.84. The SMILES string of the molecule is CCc1nn(C)cc1C(Nc1cccc(C)c1)C(=O)O. The van der Waals surface area contributed by atoms with E-state index in [0.29, 0.717) is 12.0 Å². The van der Waals surface area contributed by atoms with Crippen molar-refractivity contribution in [2.75, 3.05) is 5.32 Å². The number of nitrogens with zero attached hydrogens (tertiary/aromatic N) is 2. The predicted octanol–water partition coefficient (Wildman–Crippen LogP) is 2.53. The van der Waals surface area contributed by atoms with Crippen LogP contribution in [-0.2, 0) is 18.3 Å². The molecule has 0 amide bonds. The quantitative estimate of drug-likeness (QED) is 0.878. The first kappa shape index (κ1) is 14.1. The van der Waals surface area contributed by atoms with Crippen LogP contribution < -0.4 is 5.32 Å². The molecule has 0 aliphatic carbocycles. The number of aliphatic carboxylic acids is 1. The standard InChI is InChI=1S/C15H19N3O2/c1-4-13-12(9-18(3)17-13)14(15(19)20)16-11-7-5-6-10(2)8-11/h5-9,14,16H,4H2,1-3H3,(H,19,20). The molecule has 1 atom stereocenters. The maximum Gasteiger partial charge on any atom is 0.330 e. The van der Waals surface area contributed by atoms with Crippen molar-refractivity contribution in [2.45, 2.75) is 26.3 Å². The third-order valence-corrected chi connectivity index (χ3v) is 3.16. The molecule has 0 aliphatic rings. The molecule has 0 saturated heterocycles. The van der Waals surface area contributed by atoms with Gasteiger partial charge in [0.05, 0.1) is 5.69 Å². The minimum Gasteiger partial charge on any atom is -0.479 e. The van der Waals surface area contributed by atoms with Gasteiger partial charge in [-0.05, 0) is 31.0 Å². The van der Waals surface area contributed by atoms with Gasteiger partial charge in [-0.3, -0.25) is 4.68 Å². The Bertz CT molecular complexity index is 619. The van der Waals surface area contributed by atoms with Crippen molar-refractivity contribution in [3.05, 3.63) is 47.3 Å². The molecule has 0 fully saturated rings. The van der Waals surface area contributed by atoms with Crippen LogP contribution in [0.3, 0.4) is 0 Å². The third-order valence-electron chi connectivity index (χ3n) is 3.16. The molecule has 1 heterocycles. The summed E-state index contributed by atoms with van der Waals surface area (Å²) in [6, 6.07) is 6.88. The molecule has 1 aromatic carbocycles. The van der Waals surface area contributed by atoms with Crippen molar-refractivity contribution < 1.29 is 9.90 Å². The maximum absolute atomic E-state index is 11.6. The van der Waals surface area contributed by atoms with Gasteiger partial charge in [0.25, 0.3) is 0 Å². The summed E-state index contributed by atoms with van der Waals surface area (Å²) in [5.41, 5.74) is 3.40. The Morgan fingerprint density at radius 2 is 2.25 bits per heavy atom. The first-order valence-corrected chi connectivity index (χ1v) is 6.59. The second-order valence-corrected chi connectivity index (χ2v) is 4.84. The summed E-state index contributed by atoms with van der Waals surface area (Å²) in [6.07, 6.45) is 2.47. The number of aromatic nitrogens is 2. The fourth-order valence-electron chi connectivity index (χ4n) is 2.24. The molecule has 20 heavy (non-hydrogen) atoms. The highest BCUT2D eigenvalue weighted by Crippen LogP contribution is 2.23. The Morgan fingerprint density at radius 1 is 1.50 bits per heavy atom. The maximum atomic E-state index is 11.6. The average Bonchev–Trinajstić information content (AvgIpc) is 2.76. The van der Waals surface area contributed by atoms with Crippen molar-refractivity contribution in [1.29, 1.82) is 0 Å². The lowest BCUT2D eigenvalue weighted by molar-refractivity contribution is -0.138. The van der Waals surface area contributed by atoms with E-state index >= 15 is 0 Å². The van der Waals surface area contributed by atoms with Gasteiger partial charge < -0.3 is 10.4 Å². The van der Waals surface area contributed by atoms with Gasteiger partial charge in [-0.25, -0.2) is 4.79 Å².